The minimum absolute atomic E-state index is 0.497. The zero-order valence-electron chi connectivity index (χ0n) is 9.25. The van der Waals surface area contributed by atoms with E-state index >= 15 is 0 Å². The molecule has 1 aromatic rings. The summed E-state index contributed by atoms with van der Waals surface area (Å²) >= 11 is 0. The van der Waals surface area contributed by atoms with Gasteiger partial charge in [-0.25, -0.2) is 4.98 Å². The molecule has 1 aliphatic carbocycles. The number of imidazole rings is 1. The van der Waals surface area contributed by atoms with E-state index in [1.165, 1.54) is 19.3 Å². The lowest BCUT2D eigenvalue weighted by molar-refractivity contribution is 0.389. The topological polar surface area (TPSA) is 17.8 Å². The van der Waals surface area contributed by atoms with Gasteiger partial charge in [0.05, 0.1) is 0 Å². The summed E-state index contributed by atoms with van der Waals surface area (Å²) < 4.78 is 2.07. The third kappa shape index (κ3) is 1.89. The maximum Gasteiger partial charge on any atom is 0.132 e. The molecule has 0 N–H and O–H groups in total. The first-order valence-electron chi connectivity index (χ1n) is 5.24. The van der Waals surface area contributed by atoms with Gasteiger partial charge in [0, 0.05) is 19.4 Å². The van der Waals surface area contributed by atoms with Crippen LogP contribution in [0.25, 0.3) is 6.08 Å². The Bertz CT molecular complexity index is 358. The Hall–Kier alpha value is -1.05. The fraction of sp³-hybridized carbons (Fsp3) is 0.583. The van der Waals surface area contributed by atoms with Crippen molar-refractivity contribution in [2.75, 3.05) is 0 Å². The van der Waals surface area contributed by atoms with Crippen LogP contribution in [-0.4, -0.2) is 9.55 Å². The quantitative estimate of drug-likeness (QED) is 0.665. The van der Waals surface area contributed by atoms with Gasteiger partial charge in [-0.2, -0.15) is 0 Å². The second kappa shape index (κ2) is 3.26. The van der Waals surface area contributed by atoms with Crippen molar-refractivity contribution in [1.82, 2.24) is 9.55 Å². The Labute approximate surface area is 85.7 Å². The van der Waals surface area contributed by atoms with E-state index in [0.717, 1.165) is 5.82 Å². The Kier molecular flexibility index (Phi) is 2.22. The van der Waals surface area contributed by atoms with Crippen LogP contribution >= 0.6 is 0 Å². The number of hydrogen-bond acceptors (Lipinski definition) is 1. The van der Waals surface area contributed by atoms with Crippen molar-refractivity contribution in [1.29, 1.82) is 0 Å². The maximum atomic E-state index is 4.31. The molecule has 0 aromatic carbocycles. The Balaban J connectivity index is 2.18. The van der Waals surface area contributed by atoms with E-state index in [1.807, 2.05) is 19.4 Å². The molecule has 2 rings (SSSR count). The molecule has 2 nitrogen and oxygen atoms in total. The summed E-state index contributed by atoms with van der Waals surface area (Å²) in [5, 5.41) is 0. The minimum Gasteiger partial charge on any atom is -0.335 e. The van der Waals surface area contributed by atoms with E-state index in [2.05, 4.69) is 29.5 Å². The molecule has 0 unspecified atom stereocenters. The van der Waals surface area contributed by atoms with Crippen LogP contribution in [0.15, 0.2) is 18.0 Å². The number of aryl methyl sites for hydroxylation is 1. The Morgan fingerprint density at radius 3 is 2.79 bits per heavy atom. The molecule has 1 saturated carbocycles. The lowest BCUT2D eigenvalue weighted by Crippen LogP contribution is -2.02. The highest BCUT2D eigenvalue weighted by molar-refractivity contribution is 5.47. The molecule has 1 heterocycles. The van der Waals surface area contributed by atoms with Crippen molar-refractivity contribution in [3.63, 3.8) is 0 Å². The van der Waals surface area contributed by atoms with Gasteiger partial charge in [0.2, 0.25) is 0 Å². The zero-order valence-corrected chi connectivity index (χ0v) is 9.25. The van der Waals surface area contributed by atoms with Gasteiger partial charge < -0.3 is 4.57 Å². The molecule has 0 saturated heterocycles. The summed E-state index contributed by atoms with van der Waals surface area (Å²) in [5.74, 6) is 1.08. The molecule has 2 heteroatoms. The molecule has 0 radical (unpaired) electrons. The highest BCUT2D eigenvalue weighted by Gasteiger charge is 2.26. The SMILES string of the molecule is Cn1ccnc1/C=C1\CCC(C)(C)C1. The summed E-state index contributed by atoms with van der Waals surface area (Å²) in [5.41, 5.74) is 2.04. The average molecular weight is 190 g/mol. The van der Waals surface area contributed by atoms with Crippen molar-refractivity contribution < 1.29 is 0 Å². The molecule has 0 spiro atoms. The maximum absolute atomic E-state index is 4.31. The average Bonchev–Trinajstić information content (AvgIpc) is 2.61. The van der Waals surface area contributed by atoms with Crippen LogP contribution in [0.1, 0.15) is 38.9 Å². The number of aromatic nitrogens is 2. The van der Waals surface area contributed by atoms with Crippen molar-refractivity contribution in [3.8, 4) is 0 Å². The third-order valence-corrected chi connectivity index (χ3v) is 3.02. The first kappa shape index (κ1) is 9.50. The van der Waals surface area contributed by atoms with E-state index in [-0.39, 0.29) is 0 Å². The van der Waals surface area contributed by atoms with Crippen molar-refractivity contribution >= 4 is 6.08 Å². The molecule has 1 aliphatic rings. The predicted octanol–water partition coefficient (Wildman–Crippen LogP) is 3.01. The van der Waals surface area contributed by atoms with Gasteiger partial charge in [-0.3, -0.25) is 0 Å². The monoisotopic (exact) mass is 190 g/mol. The second-order valence-corrected chi connectivity index (χ2v) is 5.04. The first-order chi connectivity index (χ1) is 6.57. The molecular formula is C12H18N2. The van der Waals surface area contributed by atoms with Crippen LogP contribution in [0.3, 0.4) is 0 Å². The third-order valence-electron chi connectivity index (χ3n) is 3.02. The summed E-state index contributed by atoms with van der Waals surface area (Å²) in [4.78, 5) is 4.31. The largest absolute Gasteiger partial charge is 0.335 e. The molecule has 0 aliphatic heterocycles. The van der Waals surface area contributed by atoms with Gasteiger partial charge in [-0.1, -0.05) is 19.4 Å². The number of allylic oxidation sites excluding steroid dienone is 1. The second-order valence-electron chi connectivity index (χ2n) is 5.04. The molecule has 76 valence electrons. The lowest BCUT2D eigenvalue weighted by atomic mass is 9.92. The first-order valence-corrected chi connectivity index (χ1v) is 5.24. The van der Waals surface area contributed by atoms with Crippen LogP contribution in [-0.2, 0) is 7.05 Å². The number of nitrogens with zero attached hydrogens (tertiary/aromatic N) is 2. The highest BCUT2D eigenvalue weighted by Crippen LogP contribution is 2.40. The van der Waals surface area contributed by atoms with Crippen LogP contribution < -0.4 is 0 Å². The van der Waals surface area contributed by atoms with Crippen molar-refractivity contribution in [3.05, 3.63) is 23.8 Å². The van der Waals surface area contributed by atoms with Gasteiger partial charge in [0.1, 0.15) is 5.82 Å². The molecule has 0 atom stereocenters. The van der Waals surface area contributed by atoms with Crippen LogP contribution in [0, 0.1) is 5.41 Å². The molecule has 1 aromatic heterocycles. The van der Waals surface area contributed by atoms with E-state index in [1.54, 1.807) is 5.57 Å². The van der Waals surface area contributed by atoms with Gasteiger partial charge in [0.15, 0.2) is 0 Å². The number of rotatable bonds is 1. The minimum atomic E-state index is 0.497. The summed E-state index contributed by atoms with van der Waals surface area (Å²) in [7, 11) is 2.04. The van der Waals surface area contributed by atoms with Crippen LogP contribution in [0.2, 0.25) is 0 Å². The van der Waals surface area contributed by atoms with E-state index < -0.39 is 0 Å². The van der Waals surface area contributed by atoms with E-state index in [0.29, 0.717) is 5.41 Å². The van der Waals surface area contributed by atoms with Gasteiger partial charge >= 0.3 is 0 Å². The fourth-order valence-corrected chi connectivity index (χ4v) is 2.11. The molecule has 1 fully saturated rings. The van der Waals surface area contributed by atoms with Crippen molar-refractivity contribution in [2.45, 2.75) is 33.1 Å². The standard InChI is InChI=1S/C12H18N2/c1-12(2)5-4-10(9-12)8-11-13-6-7-14(11)3/h6-8H,4-5,9H2,1-3H3/b10-8+. The van der Waals surface area contributed by atoms with E-state index in [4.69, 9.17) is 0 Å². The van der Waals surface area contributed by atoms with Gasteiger partial charge in [-0.15, -0.1) is 0 Å². The predicted molar refractivity (Wildman–Crippen MR) is 58.8 cm³/mol. The van der Waals surface area contributed by atoms with Crippen molar-refractivity contribution in [2.24, 2.45) is 12.5 Å². The fourth-order valence-electron chi connectivity index (χ4n) is 2.11. The van der Waals surface area contributed by atoms with E-state index in [9.17, 15) is 0 Å². The summed E-state index contributed by atoms with van der Waals surface area (Å²) in [6.07, 6.45) is 9.86. The smallest absolute Gasteiger partial charge is 0.132 e. The highest BCUT2D eigenvalue weighted by atomic mass is 15.0. The molecule has 14 heavy (non-hydrogen) atoms. The molecule has 0 bridgehead atoms. The summed E-state index contributed by atoms with van der Waals surface area (Å²) in [6.45, 7) is 4.68. The van der Waals surface area contributed by atoms with Crippen LogP contribution in [0.4, 0.5) is 0 Å². The molecule has 0 amide bonds. The van der Waals surface area contributed by atoms with Crippen LogP contribution in [0.5, 0.6) is 0 Å². The van der Waals surface area contributed by atoms with Gasteiger partial charge in [-0.05, 0) is 30.8 Å². The molecular weight excluding hydrogens is 172 g/mol. The summed E-state index contributed by atoms with van der Waals surface area (Å²) in [6, 6.07) is 0. The number of hydrogen-bond donors (Lipinski definition) is 0. The van der Waals surface area contributed by atoms with Gasteiger partial charge in [0.25, 0.3) is 0 Å². The lowest BCUT2D eigenvalue weighted by Gasteiger charge is -2.14. The normalized spacial score (nSPS) is 23.2. The Morgan fingerprint density at radius 1 is 1.50 bits per heavy atom. The Morgan fingerprint density at radius 2 is 2.29 bits per heavy atom. The zero-order chi connectivity index (χ0) is 10.2.